The quantitative estimate of drug-likeness (QED) is 0.696. The lowest BCUT2D eigenvalue weighted by atomic mass is 9.66. The molecule has 8 heteroatoms. The van der Waals surface area contributed by atoms with Gasteiger partial charge in [-0.3, -0.25) is 24.6 Å². The number of imide groups is 1. The molecule has 8 nitrogen and oxygen atoms in total. The number of carbonyl (C=O) groups is 4. The van der Waals surface area contributed by atoms with Crippen molar-refractivity contribution in [3.8, 4) is 0 Å². The van der Waals surface area contributed by atoms with E-state index in [1.807, 2.05) is 23.1 Å². The average Bonchev–Trinajstić information content (AvgIpc) is 3.29. The molecule has 1 aliphatic carbocycles. The van der Waals surface area contributed by atoms with Crippen LogP contribution in [0, 0.1) is 0 Å². The van der Waals surface area contributed by atoms with Crippen LogP contribution in [0.25, 0.3) is 0 Å². The van der Waals surface area contributed by atoms with Crippen molar-refractivity contribution in [2.75, 3.05) is 16.8 Å². The number of para-hydroxylation sites is 1. The predicted molar refractivity (Wildman–Crippen MR) is 121 cm³/mol. The minimum atomic E-state index is -0.652. The number of nitrogens with one attached hydrogen (secondary N) is 2. The van der Waals surface area contributed by atoms with Gasteiger partial charge in [-0.25, -0.2) is 4.79 Å². The topological polar surface area (TPSA) is 98.8 Å². The van der Waals surface area contributed by atoms with Crippen molar-refractivity contribution in [2.45, 2.75) is 50.1 Å². The Hall–Kier alpha value is -3.68. The van der Waals surface area contributed by atoms with E-state index in [9.17, 15) is 19.2 Å². The van der Waals surface area contributed by atoms with E-state index in [2.05, 4.69) is 16.7 Å². The highest BCUT2D eigenvalue weighted by Gasteiger charge is 2.48. The summed E-state index contributed by atoms with van der Waals surface area (Å²) in [6.07, 6.45) is 3.93. The molecule has 3 heterocycles. The summed E-state index contributed by atoms with van der Waals surface area (Å²) in [4.78, 5) is 53.1. The van der Waals surface area contributed by atoms with Gasteiger partial charge in [0.15, 0.2) is 0 Å². The Balaban J connectivity index is 1.20. The second-order valence-electron chi connectivity index (χ2n) is 9.44. The number of anilines is 2. The maximum Gasteiger partial charge on any atom is 0.326 e. The summed E-state index contributed by atoms with van der Waals surface area (Å²) in [5.41, 5.74) is 4.21. The first kappa shape index (κ1) is 20.0. The molecule has 1 atom stereocenters. The summed E-state index contributed by atoms with van der Waals surface area (Å²) in [7, 11) is 0. The van der Waals surface area contributed by atoms with Crippen molar-refractivity contribution in [3.05, 3.63) is 59.2 Å². The molecule has 1 saturated carbocycles. The highest BCUT2D eigenvalue weighted by molar-refractivity contribution is 6.07. The SMILES string of the molecule is O=C1CCC(N2Cc3cc(NC(=O)N4CC5(CCC5)c5ccccc54)ccc3C2=O)C(=O)N1. The van der Waals surface area contributed by atoms with E-state index in [1.165, 1.54) is 16.9 Å². The number of fused-ring (bicyclic) bond motifs is 3. The molecule has 3 aliphatic heterocycles. The van der Waals surface area contributed by atoms with E-state index in [4.69, 9.17) is 0 Å². The molecule has 168 valence electrons. The van der Waals surface area contributed by atoms with Crippen LogP contribution in [0.3, 0.4) is 0 Å². The highest BCUT2D eigenvalue weighted by atomic mass is 16.2. The zero-order valence-electron chi connectivity index (χ0n) is 18.1. The molecule has 0 radical (unpaired) electrons. The Morgan fingerprint density at radius 3 is 2.67 bits per heavy atom. The first-order valence-corrected chi connectivity index (χ1v) is 11.4. The lowest BCUT2D eigenvalue weighted by Gasteiger charge is -2.38. The summed E-state index contributed by atoms with van der Waals surface area (Å²) >= 11 is 0. The van der Waals surface area contributed by atoms with Crippen molar-refractivity contribution in [1.82, 2.24) is 10.2 Å². The van der Waals surface area contributed by atoms with Crippen LogP contribution in [0.5, 0.6) is 0 Å². The number of amides is 5. The minimum absolute atomic E-state index is 0.0841. The van der Waals surface area contributed by atoms with Gasteiger partial charge in [0.1, 0.15) is 6.04 Å². The fraction of sp³-hybridized carbons (Fsp3) is 0.360. The normalized spacial score (nSPS) is 22.7. The van der Waals surface area contributed by atoms with E-state index >= 15 is 0 Å². The lowest BCUT2D eigenvalue weighted by Crippen LogP contribution is -2.52. The summed E-state index contributed by atoms with van der Waals surface area (Å²) in [5.74, 6) is -0.964. The van der Waals surface area contributed by atoms with Crippen LogP contribution >= 0.6 is 0 Å². The first-order valence-electron chi connectivity index (χ1n) is 11.4. The summed E-state index contributed by atoms with van der Waals surface area (Å²) in [6.45, 7) is 0.963. The predicted octanol–water partition coefficient (Wildman–Crippen LogP) is 2.92. The van der Waals surface area contributed by atoms with Gasteiger partial charge in [0.25, 0.3) is 5.91 Å². The zero-order chi connectivity index (χ0) is 22.7. The van der Waals surface area contributed by atoms with E-state index in [1.54, 1.807) is 18.2 Å². The van der Waals surface area contributed by atoms with Gasteiger partial charge >= 0.3 is 6.03 Å². The van der Waals surface area contributed by atoms with Gasteiger partial charge in [0.2, 0.25) is 11.8 Å². The van der Waals surface area contributed by atoms with Crippen LogP contribution in [0.15, 0.2) is 42.5 Å². The number of rotatable bonds is 2. The monoisotopic (exact) mass is 444 g/mol. The number of hydrogen-bond donors (Lipinski definition) is 2. The van der Waals surface area contributed by atoms with Crippen molar-refractivity contribution in [3.63, 3.8) is 0 Å². The third-order valence-corrected chi connectivity index (χ3v) is 7.56. The maximum atomic E-state index is 13.2. The molecule has 2 aromatic carbocycles. The molecule has 33 heavy (non-hydrogen) atoms. The lowest BCUT2D eigenvalue weighted by molar-refractivity contribution is -0.136. The van der Waals surface area contributed by atoms with Crippen LogP contribution < -0.4 is 15.5 Å². The minimum Gasteiger partial charge on any atom is -0.322 e. The summed E-state index contributed by atoms with van der Waals surface area (Å²) < 4.78 is 0. The molecule has 5 amide bonds. The van der Waals surface area contributed by atoms with E-state index in [0.717, 1.165) is 24.1 Å². The van der Waals surface area contributed by atoms with Crippen molar-refractivity contribution < 1.29 is 19.2 Å². The largest absolute Gasteiger partial charge is 0.326 e. The molecule has 2 N–H and O–H groups in total. The zero-order valence-corrected chi connectivity index (χ0v) is 18.1. The molecule has 0 aromatic heterocycles. The standard InChI is InChI=1S/C25H24N4O4/c30-21-9-8-20(22(31)27-21)28-13-15-12-16(6-7-17(15)23(28)32)26-24(33)29-14-25(10-3-11-25)18-4-1-2-5-19(18)29/h1-2,4-7,12,20H,3,8-11,13-14H2,(H,26,33)(H,27,30,31). The summed E-state index contributed by atoms with van der Waals surface area (Å²) in [5, 5.41) is 5.31. The van der Waals surface area contributed by atoms with Crippen molar-refractivity contribution in [2.24, 2.45) is 0 Å². The van der Waals surface area contributed by atoms with Gasteiger partial charge in [-0.15, -0.1) is 0 Å². The fourth-order valence-electron chi connectivity index (χ4n) is 5.69. The Morgan fingerprint density at radius 2 is 1.91 bits per heavy atom. The van der Waals surface area contributed by atoms with Crippen molar-refractivity contribution in [1.29, 1.82) is 0 Å². The Labute approximate surface area is 190 Å². The van der Waals surface area contributed by atoms with E-state index in [-0.39, 0.29) is 36.2 Å². The van der Waals surface area contributed by atoms with E-state index in [0.29, 0.717) is 24.2 Å². The van der Waals surface area contributed by atoms with Gasteiger partial charge in [-0.2, -0.15) is 0 Å². The molecule has 1 unspecified atom stereocenters. The molecule has 0 bridgehead atoms. The van der Waals surface area contributed by atoms with Gasteiger partial charge in [-0.1, -0.05) is 24.6 Å². The van der Waals surface area contributed by atoms with Crippen LogP contribution in [0.2, 0.25) is 0 Å². The second-order valence-corrected chi connectivity index (χ2v) is 9.44. The molecule has 4 aliphatic rings. The number of hydrogen-bond acceptors (Lipinski definition) is 4. The third kappa shape index (κ3) is 3.04. The smallest absolute Gasteiger partial charge is 0.322 e. The number of benzene rings is 2. The van der Waals surface area contributed by atoms with Crippen LogP contribution in [-0.4, -0.2) is 41.2 Å². The molecule has 2 fully saturated rings. The number of carbonyl (C=O) groups excluding carboxylic acids is 4. The second kappa shape index (κ2) is 7.16. The maximum absolute atomic E-state index is 13.2. The average molecular weight is 444 g/mol. The molecular weight excluding hydrogens is 420 g/mol. The molecule has 2 aromatic rings. The van der Waals surface area contributed by atoms with Gasteiger partial charge < -0.3 is 10.2 Å². The third-order valence-electron chi connectivity index (χ3n) is 7.56. The molecule has 1 spiro atoms. The molecular formula is C25H24N4O4. The van der Waals surface area contributed by atoms with Crippen LogP contribution in [0.1, 0.15) is 53.6 Å². The summed E-state index contributed by atoms with van der Waals surface area (Å²) in [6, 6.07) is 12.5. The van der Waals surface area contributed by atoms with E-state index < -0.39 is 11.9 Å². The van der Waals surface area contributed by atoms with Crippen molar-refractivity contribution >= 4 is 35.1 Å². The number of piperidine rings is 1. The van der Waals surface area contributed by atoms with Crippen LogP contribution in [-0.2, 0) is 21.5 Å². The highest BCUT2D eigenvalue weighted by Crippen LogP contribution is 2.52. The number of urea groups is 1. The first-order chi connectivity index (χ1) is 15.9. The van der Waals surface area contributed by atoms with Gasteiger partial charge in [0.05, 0.1) is 0 Å². The molecule has 1 saturated heterocycles. The van der Waals surface area contributed by atoms with Gasteiger partial charge in [0, 0.05) is 41.9 Å². The Bertz CT molecular complexity index is 1220. The fourth-order valence-corrected chi connectivity index (χ4v) is 5.69. The number of nitrogens with zero attached hydrogens (tertiary/aromatic N) is 2. The Morgan fingerprint density at radius 1 is 1.09 bits per heavy atom. The van der Waals surface area contributed by atoms with Gasteiger partial charge in [-0.05, 0) is 54.7 Å². The van der Waals surface area contributed by atoms with Crippen LogP contribution in [0.4, 0.5) is 16.2 Å². The Kier molecular flexibility index (Phi) is 4.33. The molecule has 6 rings (SSSR count).